The van der Waals surface area contributed by atoms with Crippen LogP contribution in [0.25, 0.3) is 0 Å². The van der Waals surface area contributed by atoms with Gasteiger partial charge in [-0.3, -0.25) is 4.79 Å². The number of para-hydroxylation sites is 1. The summed E-state index contributed by atoms with van der Waals surface area (Å²) in [5.74, 6) is -0.815. The van der Waals surface area contributed by atoms with Gasteiger partial charge in [0.15, 0.2) is 0 Å². The fraction of sp³-hybridized carbons (Fsp3) is 0.300. The second-order valence-corrected chi connectivity index (χ2v) is 3.02. The maximum Gasteiger partial charge on any atom is 0.255 e. The van der Waals surface area contributed by atoms with Crippen molar-refractivity contribution in [2.24, 2.45) is 0 Å². The lowest BCUT2D eigenvalue weighted by Gasteiger charge is -2.15. The lowest BCUT2D eigenvalue weighted by atomic mass is 10.1. The molecular formula is C10H13FN2O. The molecule has 14 heavy (non-hydrogen) atoms. The summed E-state index contributed by atoms with van der Waals surface area (Å²) in [4.78, 5) is 13.1. The molecule has 0 fully saturated rings. The van der Waals surface area contributed by atoms with Crippen molar-refractivity contribution in [3.8, 4) is 0 Å². The Bertz CT molecular complexity index is 352. The quantitative estimate of drug-likeness (QED) is 0.728. The van der Waals surface area contributed by atoms with Crippen LogP contribution in [0.4, 0.5) is 10.1 Å². The van der Waals surface area contributed by atoms with Crippen LogP contribution in [-0.4, -0.2) is 24.4 Å². The average Bonchev–Trinajstić information content (AvgIpc) is 2.20. The van der Waals surface area contributed by atoms with E-state index >= 15 is 0 Å². The van der Waals surface area contributed by atoms with E-state index in [1.807, 2.05) is 6.92 Å². The molecule has 0 aliphatic rings. The number of nitrogens with zero attached hydrogens (tertiary/aromatic N) is 1. The minimum absolute atomic E-state index is 0.0854. The van der Waals surface area contributed by atoms with E-state index in [0.717, 1.165) is 0 Å². The van der Waals surface area contributed by atoms with Crippen LogP contribution in [0.5, 0.6) is 0 Å². The first kappa shape index (κ1) is 10.5. The molecule has 0 atom stereocenters. The smallest absolute Gasteiger partial charge is 0.255 e. The van der Waals surface area contributed by atoms with Crippen LogP contribution in [0.3, 0.4) is 0 Å². The molecule has 0 aliphatic carbocycles. The highest BCUT2D eigenvalue weighted by Gasteiger charge is 2.14. The first-order valence-electron chi connectivity index (χ1n) is 4.37. The standard InChI is InChI=1S/C10H13FN2O/c1-3-13(2)10(14)7-5-4-6-8(11)9(7)12/h4-6H,3,12H2,1-2H3. The fourth-order valence-electron chi connectivity index (χ4n) is 1.07. The van der Waals surface area contributed by atoms with Crippen molar-refractivity contribution < 1.29 is 9.18 Å². The van der Waals surface area contributed by atoms with E-state index in [-0.39, 0.29) is 17.2 Å². The maximum atomic E-state index is 13.0. The number of benzene rings is 1. The Balaban J connectivity index is 3.07. The molecular weight excluding hydrogens is 183 g/mol. The molecule has 0 radical (unpaired) electrons. The molecule has 0 bridgehead atoms. The second kappa shape index (κ2) is 4.09. The lowest BCUT2D eigenvalue weighted by molar-refractivity contribution is 0.0803. The Hall–Kier alpha value is -1.58. The molecule has 0 heterocycles. The number of nitrogens with two attached hydrogens (primary N) is 1. The van der Waals surface area contributed by atoms with Gasteiger partial charge in [0.1, 0.15) is 5.82 Å². The zero-order chi connectivity index (χ0) is 10.7. The van der Waals surface area contributed by atoms with Gasteiger partial charge in [0.2, 0.25) is 0 Å². The second-order valence-electron chi connectivity index (χ2n) is 3.02. The van der Waals surface area contributed by atoms with Gasteiger partial charge in [-0.2, -0.15) is 0 Å². The number of rotatable bonds is 2. The summed E-state index contributed by atoms with van der Waals surface area (Å²) in [6.45, 7) is 2.40. The van der Waals surface area contributed by atoms with Gasteiger partial charge in [-0.05, 0) is 19.1 Å². The highest BCUT2D eigenvalue weighted by molar-refractivity contribution is 5.99. The Kier molecular flexibility index (Phi) is 3.06. The molecule has 4 heteroatoms. The molecule has 1 aromatic rings. The predicted octanol–water partition coefficient (Wildman–Crippen LogP) is 1.50. The van der Waals surface area contributed by atoms with Crippen LogP contribution in [0.15, 0.2) is 18.2 Å². The highest BCUT2D eigenvalue weighted by atomic mass is 19.1. The Morgan fingerprint density at radius 1 is 1.57 bits per heavy atom. The van der Waals surface area contributed by atoms with E-state index in [9.17, 15) is 9.18 Å². The minimum atomic E-state index is -0.555. The van der Waals surface area contributed by atoms with E-state index in [2.05, 4.69) is 0 Å². The number of amides is 1. The maximum absolute atomic E-state index is 13.0. The third kappa shape index (κ3) is 1.84. The average molecular weight is 196 g/mol. The van der Waals surface area contributed by atoms with Gasteiger partial charge in [-0.15, -0.1) is 0 Å². The van der Waals surface area contributed by atoms with E-state index in [1.54, 1.807) is 7.05 Å². The topological polar surface area (TPSA) is 46.3 Å². The van der Waals surface area contributed by atoms with Crippen molar-refractivity contribution in [1.82, 2.24) is 4.90 Å². The van der Waals surface area contributed by atoms with E-state index in [1.165, 1.54) is 23.1 Å². The van der Waals surface area contributed by atoms with Crippen molar-refractivity contribution in [3.05, 3.63) is 29.6 Å². The van der Waals surface area contributed by atoms with Gasteiger partial charge >= 0.3 is 0 Å². The molecule has 0 aromatic heterocycles. The van der Waals surface area contributed by atoms with E-state index in [4.69, 9.17) is 5.73 Å². The van der Waals surface area contributed by atoms with Gasteiger partial charge in [0.25, 0.3) is 5.91 Å². The van der Waals surface area contributed by atoms with Crippen LogP contribution < -0.4 is 5.73 Å². The molecule has 0 spiro atoms. The van der Waals surface area contributed by atoms with Gasteiger partial charge in [-0.1, -0.05) is 6.07 Å². The van der Waals surface area contributed by atoms with Crippen LogP contribution in [0.1, 0.15) is 17.3 Å². The third-order valence-electron chi connectivity index (χ3n) is 2.10. The summed E-state index contributed by atoms with van der Waals surface area (Å²) in [6.07, 6.45) is 0. The molecule has 1 rings (SSSR count). The molecule has 0 saturated carbocycles. The number of nitrogen functional groups attached to an aromatic ring is 1. The fourth-order valence-corrected chi connectivity index (χ4v) is 1.07. The molecule has 3 nitrogen and oxygen atoms in total. The van der Waals surface area contributed by atoms with Crippen LogP contribution >= 0.6 is 0 Å². The highest BCUT2D eigenvalue weighted by Crippen LogP contribution is 2.16. The van der Waals surface area contributed by atoms with E-state index in [0.29, 0.717) is 6.54 Å². The number of hydrogen-bond acceptors (Lipinski definition) is 2. The monoisotopic (exact) mass is 196 g/mol. The third-order valence-corrected chi connectivity index (χ3v) is 2.10. The number of carbonyl (C=O) groups is 1. The molecule has 0 aliphatic heterocycles. The molecule has 0 unspecified atom stereocenters. The summed E-state index contributed by atoms with van der Waals surface area (Å²) in [5.41, 5.74) is 5.59. The summed E-state index contributed by atoms with van der Waals surface area (Å²) in [7, 11) is 1.65. The van der Waals surface area contributed by atoms with Gasteiger partial charge in [0.05, 0.1) is 11.3 Å². The van der Waals surface area contributed by atoms with Crippen molar-refractivity contribution in [3.63, 3.8) is 0 Å². The molecule has 76 valence electrons. The minimum Gasteiger partial charge on any atom is -0.396 e. The van der Waals surface area contributed by atoms with E-state index < -0.39 is 5.82 Å². The predicted molar refractivity (Wildman–Crippen MR) is 53.4 cm³/mol. The van der Waals surface area contributed by atoms with Gasteiger partial charge < -0.3 is 10.6 Å². The van der Waals surface area contributed by atoms with Crippen LogP contribution in [0.2, 0.25) is 0 Å². The van der Waals surface area contributed by atoms with Gasteiger partial charge in [0, 0.05) is 13.6 Å². The zero-order valence-electron chi connectivity index (χ0n) is 8.25. The molecule has 1 amide bonds. The van der Waals surface area contributed by atoms with Crippen LogP contribution in [0, 0.1) is 5.82 Å². The SMILES string of the molecule is CCN(C)C(=O)c1cccc(F)c1N. The van der Waals surface area contributed by atoms with Crippen molar-refractivity contribution in [2.75, 3.05) is 19.3 Å². The first-order chi connectivity index (χ1) is 6.57. The number of halogens is 1. The molecule has 2 N–H and O–H groups in total. The normalized spacial score (nSPS) is 9.93. The zero-order valence-corrected chi connectivity index (χ0v) is 8.25. The lowest BCUT2D eigenvalue weighted by Crippen LogP contribution is -2.27. The first-order valence-corrected chi connectivity index (χ1v) is 4.37. The summed E-state index contributed by atoms with van der Waals surface area (Å²) < 4.78 is 13.0. The number of anilines is 1. The summed E-state index contributed by atoms with van der Waals surface area (Å²) in [5, 5.41) is 0. The van der Waals surface area contributed by atoms with Crippen molar-refractivity contribution in [2.45, 2.75) is 6.92 Å². The molecule has 0 saturated heterocycles. The van der Waals surface area contributed by atoms with Crippen molar-refractivity contribution in [1.29, 1.82) is 0 Å². The summed E-state index contributed by atoms with van der Waals surface area (Å²) >= 11 is 0. The largest absolute Gasteiger partial charge is 0.396 e. The number of hydrogen-bond donors (Lipinski definition) is 1. The Morgan fingerprint density at radius 3 is 2.79 bits per heavy atom. The Labute approximate surface area is 82.3 Å². The molecule has 1 aromatic carbocycles. The Morgan fingerprint density at radius 2 is 2.21 bits per heavy atom. The van der Waals surface area contributed by atoms with Crippen molar-refractivity contribution >= 4 is 11.6 Å². The van der Waals surface area contributed by atoms with Gasteiger partial charge in [-0.25, -0.2) is 4.39 Å². The van der Waals surface area contributed by atoms with Crippen LogP contribution in [-0.2, 0) is 0 Å². The summed E-state index contributed by atoms with van der Waals surface area (Å²) in [6, 6.07) is 4.23. The number of carbonyl (C=O) groups excluding carboxylic acids is 1.